The van der Waals surface area contributed by atoms with E-state index in [1.54, 1.807) is 12.1 Å². The highest BCUT2D eigenvalue weighted by Crippen LogP contribution is 2.30. The highest BCUT2D eigenvalue weighted by atomic mass is 32.1. The monoisotopic (exact) mass is 685 g/mol. The van der Waals surface area contributed by atoms with Crippen molar-refractivity contribution in [2.75, 3.05) is 4.90 Å². The number of benzene rings is 4. The number of thiazole rings is 1. The number of rotatable bonds is 13. The normalized spacial score (nSPS) is 12.2. The lowest BCUT2D eigenvalue weighted by atomic mass is 10.0. The van der Waals surface area contributed by atoms with E-state index in [1.165, 1.54) is 34.4 Å². The van der Waals surface area contributed by atoms with Crippen LogP contribution >= 0.6 is 11.3 Å². The summed E-state index contributed by atoms with van der Waals surface area (Å²) in [5.74, 6) is -0.584. The van der Waals surface area contributed by atoms with Gasteiger partial charge in [-0.25, -0.2) is 9.78 Å². The zero-order chi connectivity index (χ0) is 34.9. The molecule has 1 aliphatic rings. The number of aromatic nitrogens is 1. The lowest BCUT2D eigenvalue weighted by Crippen LogP contribution is -2.30. The van der Waals surface area contributed by atoms with Crippen LogP contribution in [0.3, 0.4) is 0 Å². The molecule has 0 bridgehead atoms. The Morgan fingerprint density at radius 1 is 0.900 bits per heavy atom. The summed E-state index contributed by atoms with van der Waals surface area (Å²) in [4.78, 5) is 44.5. The van der Waals surface area contributed by atoms with Gasteiger partial charge in [0.2, 0.25) is 5.91 Å². The molecule has 3 N–H and O–H groups in total. The maximum atomic E-state index is 13.6. The SMILES string of the molecule is O=C(NCc1ccc(Oc2ccccc2)cc1)c1ccc(-c2nc(CN(C(=O)CCC3=CCCC=C3)c3ccc(O)c(C(=O)O)c3)cs2)cc1. The van der Waals surface area contributed by atoms with Crippen LogP contribution in [0.2, 0.25) is 0 Å². The van der Waals surface area contributed by atoms with Crippen LogP contribution < -0.4 is 15.0 Å². The van der Waals surface area contributed by atoms with Crippen molar-refractivity contribution in [1.29, 1.82) is 0 Å². The van der Waals surface area contributed by atoms with Crippen LogP contribution in [0.5, 0.6) is 17.2 Å². The van der Waals surface area contributed by atoms with Gasteiger partial charge in [-0.3, -0.25) is 9.59 Å². The number of aromatic hydroxyl groups is 1. The number of amides is 2. The predicted molar refractivity (Wildman–Crippen MR) is 194 cm³/mol. The van der Waals surface area contributed by atoms with E-state index in [2.05, 4.69) is 17.5 Å². The van der Waals surface area contributed by atoms with Crippen molar-refractivity contribution in [3.63, 3.8) is 0 Å². The summed E-state index contributed by atoms with van der Waals surface area (Å²) in [6.07, 6.45) is 8.98. The van der Waals surface area contributed by atoms with Gasteiger partial charge in [-0.05, 0) is 79.4 Å². The third-order valence-electron chi connectivity index (χ3n) is 8.14. The van der Waals surface area contributed by atoms with Crippen molar-refractivity contribution < 1.29 is 29.3 Å². The van der Waals surface area contributed by atoms with E-state index < -0.39 is 5.97 Å². The summed E-state index contributed by atoms with van der Waals surface area (Å²) in [5.41, 5.74) is 4.06. The Labute approximate surface area is 293 Å². The Morgan fingerprint density at radius 3 is 2.38 bits per heavy atom. The number of aromatic carboxylic acids is 1. The Morgan fingerprint density at radius 2 is 1.66 bits per heavy atom. The average Bonchev–Trinajstić information content (AvgIpc) is 3.62. The molecule has 252 valence electrons. The lowest BCUT2D eigenvalue weighted by Gasteiger charge is -2.23. The number of allylic oxidation sites excluding steroid dienone is 4. The summed E-state index contributed by atoms with van der Waals surface area (Å²) in [6.45, 7) is 0.481. The number of nitrogens with one attached hydrogen (secondary N) is 1. The molecule has 4 aromatic carbocycles. The van der Waals surface area contributed by atoms with Crippen molar-refractivity contribution in [2.45, 2.75) is 38.8 Å². The van der Waals surface area contributed by atoms with Crippen molar-refractivity contribution in [3.8, 4) is 27.8 Å². The van der Waals surface area contributed by atoms with E-state index in [4.69, 9.17) is 9.72 Å². The van der Waals surface area contributed by atoms with Crippen LogP contribution in [-0.4, -0.2) is 33.0 Å². The highest BCUT2D eigenvalue weighted by molar-refractivity contribution is 7.13. The fourth-order valence-electron chi connectivity index (χ4n) is 5.45. The molecule has 2 amide bonds. The van der Waals surface area contributed by atoms with E-state index in [0.29, 0.717) is 40.7 Å². The number of carbonyl (C=O) groups excluding carboxylic acids is 2. The summed E-state index contributed by atoms with van der Waals surface area (Å²) in [6, 6.07) is 28.4. The quantitative estimate of drug-likeness (QED) is 0.113. The van der Waals surface area contributed by atoms with E-state index in [-0.39, 0.29) is 36.1 Å². The Bertz CT molecular complexity index is 2040. The molecule has 1 aliphatic carbocycles. The van der Waals surface area contributed by atoms with Crippen molar-refractivity contribution in [1.82, 2.24) is 10.3 Å². The number of anilines is 1. The van der Waals surface area contributed by atoms with Gasteiger partial charge in [0.05, 0.1) is 12.2 Å². The standard InChI is InChI=1S/C40H35N3O6S/c44-36-21-18-32(23-35(36)40(47)48)43(37(45)22-13-27-7-3-1-4-8-27)25-31-26-50-39(42-31)30-16-14-29(15-17-30)38(46)41-24-28-11-19-34(20-12-28)49-33-9-5-2-6-10-33/h2-3,5-12,14-21,23,26,44H,1,4,13,22,24-25H2,(H,41,46)(H,47,48). The summed E-state index contributed by atoms with van der Waals surface area (Å²) in [5, 5.41) is 25.2. The van der Waals surface area contributed by atoms with Crippen molar-refractivity contribution in [3.05, 3.63) is 149 Å². The maximum absolute atomic E-state index is 13.6. The maximum Gasteiger partial charge on any atom is 0.339 e. The molecule has 9 nitrogen and oxygen atoms in total. The predicted octanol–water partition coefficient (Wildman–Crippen LogP) is 8.53. The van der Waals surface area contributed by atoms with Gasteiger partial charge in [0.25, 0.3) is 5.91 Å². The molecule has 0 atom stereocenters. The molecule has 0 spiro atoms. The summed E-state index contributed by atoms with van der Waals surface area (Å²) in [7, 11) is 0. The van der Waals surface area contributed by atoms with E-state index in [9.17, 15) is 24.6 Å². The number of hydrogen-bond donors (Lipinski definition) is 3. The molecule has 1 aromatic heterocycles. The number of phenols is 1. The van der Waals surface area contributed by atoms with Crippen molar-refractivity contribution >= 4 is 34.8 Å². The number of hydrogen-bond acceptors (Lipinski definition) is 7. The van der Waals surface area contributed by atoms with Crippen LogP contribution in [0.1, 0.15) is 57.7 Å². The van der Waals surface area contributed by atoms with Crippen LogP contribution in [0, 0.1) is 0 Å². The number of carboxylic acids is 1. The van der Waals surface area contributed by atoms with Gasteiger partial charge in [-0.2, -0.15) is 0 Å². The number of carbonyl (C=O) groups is 3. The Balaban J connectivity index is 1.09. The lowest BCUT2D eigenvalue weighted by molar-refractivity contribution is -0.118. The number of para-hydroxylation sites is 1. The van der Waals surface area contributed by atoms with E-state index in [1.807, 2.05) is 78.2 Å². The van der Waals surface area contributed by atoms with Crippen LogP contribution in [-0.2, 0) is 17.9 Å². The van der Waals surface area contributed by atoms with Gasteiger partial charge in [-0.15, -0.1) is 11.3 Å². The molecule has 0 saturated carbocycles. The molecule has 10 heteroatoms. The third kappa shape index (κ3) is 8.72. The molecule has 0 fully saturated rings. The first kappa shape index (κ1) is 33.9. The molecule has 1 heterocycles. The van der Waals surface area contributed by atoms with Gasteiger partial charge < -0.3 is 25.2 Å². The first-order chi connectivity index (χ1) is 24.3. The molecule has 5 aromatic rings. The van der Waals surface area contributed by atoms with Crippen LogP contribution in [0.25, 0.3) is 10.6 Å². The molecule has 0 radical (unpaired) electrons. The largest absolute Gasteiger partial charge is 0.507 e. The topological polar surface area (TPSA) is 129 Å². The number of carboxylic acid groups (broad SMARTS) is 1. The van der Waals surface area contributed by atoms with Crippen LogP contribution in [0.15, 0.2) is 126 Å². The van der Waals surface area contributed by atoms with E-state index in [0.717, 1.165) is 35.3 Å². The second-order valence-electron chi connectivity index (χ2n) is 11.7. The smallest absolute Gasteiger partial charge is 0.339 e. The molecule has 50 heavy (non-hydrogen) atoms. The zero-order valence-electron chi connectivity index (χ0n) is 27.1. The van der Waals surface area contributed by atoms with Crippen LogP contribution in [0.4, 0.5) is 5.69 Å². The van der Waals surface area contributed by atoms with Gasteiger partial charge >= 0.3 is 5.97 Å². The minimum atomic E-state index is -1.29. The molecule has 0 saturated heterocycles. The first-order valence-corrected chi connectivity index (χ1v) is 17.1. The van der Waals surface area contributed by atoms with Gasteiger partial charge in [-0.1, -0.05) is 66.3 Å². The summed E-state index contributed by atoms with van der Waals surface area (Å²) >= 11 is 1.41. The molecular formula is C40H35N3O6S. The average molecular weight is 686 g/mol. The van der Waals surface area contributed by atoms with E-state index >= 15 is 0 Å². The fraction of sp³-hybridized carbons (Fsp3) is 0.150. The Hall–Kier alpha value is -6.00. The second kappa shape index (κ2) is 15.9. The molecule has 6 rings (SSSR count). The highest BCUT2D eigenvalue weighted by Gasteiger charge is 2.21. The fourth-order valence-corrected chi connectivity index (χ4v) is 6.27. The number of ether oxygens (including phenoxy) is 1. The summed E-state index contributed by atoms with van der Waals surface area (Å²) < 4.78 is 5.83. The van der Waals surface area contributed by atoms with Crippen molar-refractivity contribution in [2.24, 2.45) is 0 Å². The first-order valence-electron chi connectivity index (χ1n) is 16.2. The zero-order valence-corrected chi connectivity index (χ0v) is 27.9. The third-order valence-corrected chi connectivity index (χ3v) is 9.08. The molecule has 0 aliphatic heterocycles. The minimum absolute atomic E-state index is 0.119. The Kier molecular flexibility index (Phi) is 10.8. The molecule has 0 unspecified atom stereocenters. The van der Waals surface area contributed by atoms with Gasteiger partial charge in [0.15, 0.2) is 0 Å². The van der Waals surface area contributed by atoms with Gasteiger partial charge in [0, 0.05) is 35.2 Å². The second-order valence-corrected chi connectivity index (χ2v) is 12.6. The molecular weight excluding hydrogens is 651 g/mol. The number of nitrogens with zero attached hydrogens (tertiary/aromatic N) is 2. The minimum Gasteiger partial charge on any atom is -0.507 e. The van der Waals surface area contributed by atoms with Gasteiger partial charge in [0.1, 0.15) is 27.8 Å².